The Balaban J connectivity index is 1.94. The van der Waals surface area contributed by atoms with E-state index in [4.69, 9.17) is 0 Å². The minimum absolute atomic E-state index is 0.355. The van der Waals surface area contributed by atoms with Crippen molar-refractivity contribution >= 4 is 22.6 Å². The van der Waals surface area contributed by atoms with E-state index in [-0.39, 0.29) is 0 Å². The predicted octanol–water partition coefficient (Wildman–Crippen LogP) is 4.12. The molecule has 1 saturated carbocycles. The average Bonchev–Trinajstić information content (AvgIpc) is 3.02. The molecule has 0 spiro atoms. The molecule has 0 N–H and O–H groups in total. The first kappa shape index (κ1) is 11.8. The topological polar surface area (TPSA) is 17.8 Å². The lowest BCUT2D eigenvalue weighted by Crippen LogP contribution is -2.07. The molecule has 1 aromatic carbocycles. The van der Waals surface area contributed by atoms with Crippen molar-refractivity contribution in [1.29, 1.82) is 0 Å². The van der Waals surface area contributed by atoms with Crippen LogP contribution in [0.3, 0.4) is 0 Å². The van der Waals surface area contributed by atoms with Crippen molar-refractivity contribution < 1.29 is 8.78 Å². The Hall–Kier alpha value is -0.980. The van der Waals surface area contributed by atoms with Crippen LogP contribution in [-0.2, 0) is 0 Å². The number of hydrogen-bond acceptors (Lipinski definition) is 1. The lowest BCUT2D eigenvalue weighted by Gasteiger charge is -2.14. The van der Waals surface area contributed by atoms with Gasteiger partial charge in [-0.25, -0.2) is 13.5 Å². The Kier molecular flexibility index (Phi) is 2.49. The monoisotopic (exact) mass is 372 g/mol. The van der Waals surface area contributed by atoms with Crippen molar-refractivity contribution in [3.8, 4) is 5.69 Å². The summed E-state index contributed by atoms with van der Waals surface area (Å²) >= 11 is 2.22. The van der Waals surface area contributed by atoms with E-state index in [0.29, 0.717) is 17.5 Å². The molecule has 2 aliphatic rings. The van der Waals surface area contributed by atoms with Crippen LogP contribution in [0.25, 0.3) is 5.69 Å². The third-order valence-corrected chi connectivity index (χ3v) is 5.08. The van der Waals surface area contributed by atoms with E-state index in [9.17, 15) is 8.78 Å². The van der Waals surface area contributed by atoms with Gasteiger partial charge in [0.2, 0.25) is 0 Å². The molecule has 2 unspecified atom stereocenters. The first-order chi connectivity index (χ1) is 9.15. The maximum atomic E-state index is 14.0. The number of rotatable bonds is 1. The molecule has 2 atom stereocenters. The van der Waals surface area contributed by atoms with Crippen molar-refractivity contribution in [3.05, 3.63) is 44.8 Å². The SMILES string of the molecule is Fc1ccc(-n2nc(I)c3c2C2CCC3C2)c(F)c1. The molecule has 5 heteroatoms. The quantitative estimate of drug-likeness (QED) is 0.689. The molecular formula is C14H11F2IN2. The van der Waals surface area contributed by atoms with Crippen molar-refractivity contribution in [1.82, 2.24) is 9.78 Å². The van der Waals surface area contributed by atoms with E-state index in [2.05, 4.69) is 27.7 Å². The molecule has 1 aromatic heterocycles. The van der Waals surface area contributed by atoms with E-state index < -0.39 is 11.6 Å². The van der Waals surface area contributed by atoms with Crippen LogP contribution in [-0.4, -0.2) is 9.78 Å². The number of aromatic nitrogens is 2. The van der Waals surface area contributed by atoms with Crippen LogP contribution in [0.4, 0.5) is 8.78 Å². The van der Waals surface area contributed by atoms with Gasteiger partial charge in [-0.05, 0) is 59.9 Å². The molecule has 0 aliphatic heterocycles. The van der Waals surface area contributed by atoms with Gasteiger partial charge in [0.1, 0.15) is 15.2 Å². The Morgan fingerprint density at radius 2 is 2.00 bits per heavy atom. The summed E-state index contributed by atoms with van der Waals surface area (Å²) in [6.07, 6.45) is 3.53. The molecule has 4 rings (SSSR count). The first-order valence-corrected chi connectivity index (χ1v) is 7.46. The molecule has 2 nitrogen and oxygen atoms in total. The summed E-state index contributed by atoms with van der Waals surface area (Å²) in [6.45, 7) is 0. The van der Waals surface area contributed by atoms with Gasteiger partial charge >= 0.3 is 0 Å². The van der Waals surface area contributed by atoms with Crippen LogP contribution in [0.1, 0.15) is 42.4 Å². The van der Waals surface area contributed by atoms with Gasteiger partial charge in [0.05, 0.1) is 5.69 Å². The Labute approximate surface area is 123 Å². The highest BCUT2D eigenvalue weighted by molar-refractivity contribution is 14.1. The second-order valence-corrected chi connectivity index (χ2v) is 6.33. The van der Waals surface area contributed by atoms with Crippen LogP contribution < -0.4 is 0 Å². The second-order valence-electron chi connectivity index (χ2n) is 5.30. The summed E-state index contributed by atoms with van der Waals surface area (Å²) in [5.41, 5.74) is 2.79. The molecule has 0 radical (unpaired) electrons. The van der Waals surface area contributed by atoms with Crippen molar-refractivity contribution in [2.75, 3.05) is 0 Å². The van der Waals surface area contributed by atoms with Gasteiger partial charge in [0, 0.05) is 17.5 Å². The highest BCUT2D eigenvalue weighted by Crippen LogP contribution is 2.54. The summed E-state index contributed by atoms with van der Waals surface area (Å²) in [4.78, 5) is 0. The maximum Gasteiger partial charge on any atom is 0.151 e. The van der Waals surface area contributed by atoms with E-state index in [1.165, 1.54) is 24.1 Å². The number of halogens is 3. The molecule has 0 amide bonds. The first-order valence-electron chi connectivity index (χ1n) is 6.39. The van der Waals surface area contributed by atoms with E-state index in [1.54, 1.807) is 4.68 Å². The molecule has 1 heterocycles. The van der Waals surface area contributed by atoms with Crippen LogP contribution in [0, 0.1) is 15.3 Å². The largest absolute Gasteiger partial charge is 0.233 e. The Morgan fingerprint density at radius 1 is 1.21 bits per heavy atom. The maximum absolute atomic E-state index is 14.0. The predicted molar refractivity (Wildman–Crippen MR) is 75.5 cm³/mol. The minimum atomic E-state index is -0.554. The highest BCUT2D eigenvalue weighted by atomic mass is 127. The fraction of sp³-hybridized carbons (Fsp3) is 0.357. The van der Waals surface area contributed by atoms with E-state index >= 15 is 0 Å². The lowest BCUT2D eigenvalue weighted by atomic mass is 9.98. The number of hydrogen-bond donors (Lipinski definition) is 0. The van der Waals surface area contributed by atoms with Gasteiger partial charge in [-0.1, -0.05) is 0 Å². The summed E-state index contributed by atoms with van der Waals surface area (Å²) in [7, 11) is 0. The fourth-order valence-corrected chi connectivity index (χ4v) is 4.45. The summed E-state index contributed by atoms with van der Waals surface area (Å²) in [5.74, 6) is -0.0321. The Bertz CT molecular complexity index is 680. The zero-order valence-electron chi connectivity index (χ0n) is 10.0. The van der Waals surface area contributed by atoms with Gasteiger partial charge in [0.15, 0.2) is 5.82 Å². The van der Waals surface area contributed by atoms with Gasteiger partial charge in [-0.15, -0.1) is 0 Å². The standard InChI is InChI=1S/C14H11F2IN2/c15-9-3-4-11(10(16)6-9)19-13-8-2-1-7(5-8)12(13)14(17)18-19/h3-4,6-8H,1-2,5H2. The molecule has 1 fully saturated rings. The molecule has 0 saturated heterocycles. The van der Waals surface area contributed by atoms with E-state index in [0.717, 1.165) is 28.3 Å². The number of benzene rings is 1. The molecule has 2 aliphatic carbocycles. The van der Waals surface area contributed by atoms with Crippen LogP contribution in [0.2, 0.25) is 0 Å². The third kappa shape index (κ3) is 1.60. The lowest BCUT2D eigenvalue weighted by molar-refractivity contribution is 0.566. The molecule has 98 valence electrons. The summed E-state index contributed by atoms with van der Waals surface area (Å²) in [6, 6.07) is 3.68. The van der Waals surface area contributed by atoms with Gasteiger partial charge in [-0.2, -0.15) is 5.10 Å². The zero-order chi connectivity index (χ0) is 13.1. The third-order valence-electron chi connectivity index (χ3n) is 4.28. The molecule has 2 bridgehead atoms. The smallest absolute Gasteiger partial charge is 0.151 e. The van der Waals surface area contributed by atoms with Crippen molar-refractivity contribution in [2.24, 2.45) is 0 Å². The molecule has 2 aromatic rings. The van der Waals surface area contributed by atoms with Gasteiger partial charge in [0.25, 0.3) is 0 Å². The highest BCUT2D eigenvalue weighted by Gasteiger charge is 2.42. The summed E-state index contributed by atoms with van der Waals surface area (Å²) < 4.78 is 29.6. The Morgan fingerprint density at radius 3 is 2.79 bits per heavy atom. The molecule has 19 heavy (non-hydrogen) atoms. The number of fused-ring (bicyclic) bond motifs is 5. The van der Waals surface area contributed by atoms with E-state index in [1.807, 2.05) is 0 Å². The minimum Gasteiger partial charge on any atom is -0.233 e. The van der Waals surface area contributed by atoms with Gasteiger partial charge in [-0.3, -0.25) is 0 Å². The fourth-order valence-electron chi connectivity index (χ4n) is 3.51. The average molecular weight is 372 g/mol. The second kappa shape index (κ2) is 4.01. The number of nitrogens with zero attached hydrogens (tertiary/aromatic N) is 2. The van der Waals surface area contributed by atoms with Crippen molar-refractivity contribution in [3.63, 3.8) is 0 Å². The zero-order valence-corrected chi connectivity index (χ0v) is 12.2. The van der Waals surface area contributed by atoms with Gasteiger partial charge < -0.3 is 0 Å². The van der Waals surface area contributed by atoms with Crippen molar-refractivity contribution in [2.45, 2.75) is 31.1 Å². The molecular weight excluding hydrogens is 361 g/mol. The van der Waals surface area contributed by atoms with Crippen LogP contribution >= 0.6 is 22.6 Å². The van der Waals surface area contributed by atoms with Crippen LogP contribution in [0.15, 0.2) is 18.2 Å². The van der Waals surface area contributed by atoms with Crippen LogP contribution in [0.5, 0.6) is 0 Å². The normalized spacial score (nSPS) is 23.9. The summed E-state index contributed by atoms with van der Waals surface area (Å²) in [5, 5.41) is 4.47.